The molecule has 2 aliphatic rings. The van der Waals surface area contributed by atoms with E-state index < -0.39 is 0 Å². The number of hydrogen-bond acceptors (Lipinski definition) is 6. The number of amidine groups is 1. The first-order valence-corrected chi connectivity index (χ1v) is 9.83. The van der Waals surface area contributed by atoms with Gasteiger partial charge in [-0.1, -0.05) is 35.9 Å². The van der Waals surface area contributed by atoms with E-state index in [1.54, 1.807) is 6.07 Å². The standard InChI is InChI=1S/C20H20ClN5O3/c21-12-8-13-19(25-17(12)11-3-1-10(2-4-11)7-16(22)23)26-20(24-13)29-15-9-28-14-5-6-27-18(14)15/h1-4,8,14-15,18H,5-7,9H2,(H3,22,23)(H,24,25,26)/t14-,15?,18+/m1/s1. The van der Waals surface area contributed by atoms with Crippen LogP contribution in [-0.4, -0.2) is 52.3 Å². The summed E-state index contributed by atoms with van der Waals surface area (Å²) in [5.74, 6) is 0.126. The molecule has 0 amide bonds. The number of pyridine rings is 1. The van der Waals surface area contributed by atoms with E-state index >= 15 is 0 Å². The maximum Gasteiger partial charge on any atom is 0.296 e. The van der Waals surface area contributed by atoms with Gasteiger partial charge in [-0.2, -0.15) is 4.98 Å². The lowest BCUT2D eigenvalue weighted by atomic mass is 10.1. The van der Waals surface area contributed by atoms with Crippen molar-refractivity contribution in [2.24, 2.45) is 5.73 Å². The topological polar surface area (TPSA) is 119 Å². The van der Waals surface area contributed by atoms with Crippen molar-refractivity contribution in [3.8, 4) is 17.3 Å². The number of hydrogen-bond donors (Lipinski definition) is 3. The first-order valence-electron chi connectivity index (χ1n) is 9.45. The van der Waals surface area contributed by atoms with Gasteiger partial charge in [-0.25, -0.2) is 4.98 Å². The van der Waals surface area contributed by atoms with Crippen LogP contribution in [0.3, 0.4) is 0 Å². The highest BCUT2D eigenvalue weighted by molar-refractivity contribution is 6.33. The lowest BCUT2D eigenvalue weighted by Gasteiger charge is -2.15. The predicted octanol–water partition coefficient (Wildman–Crippen LogP) is 2.69. The van der Waals surface area contributed by atoms with Crippen molar-refractivity contribution in [2.45, 2.75) is 31.2 Å². The number of nitrogens with one attached hydrogen (secondary N) is 2. The van der Waals surface area contributed by atoms with Crippen LogP contribution < -0.4 is 10.5 Å². The fourth-order valence-corrected chi connectivity index (χ4v) is 4.09. The van der Waals surface area contributed by atoms with Gasteiger partial charge in [-0.05, 0) is 18.1 Å². The predicted molar refractivity (Wildman–Crippen MR) is 108 cm³/mol. The normalized spacial score (nSPS) is 23.4. The first kappa shape index (κ1) is 18.4. The van der Waals surface area contributed by atoms with Gasteiger partial charge in [0.25, 0.3) is 6.01 Å². The lowest BCUT2D eigenvalue weighted by Crippen LogP contribution is -2.32. The molecule has 4 N–H and O–H groups in total. The molecule has 2 aliphatic heterocycles. The number of imidazole rings is 1. The highest BCUT2D eigenvalue weighted by Crippen LogP contribution is 2.32. The van der Waals surface area contributed by atoms with Crippen LogP contribution in [0.25, 0.3) is 22.4 Å². The van der Waals surface area contributed by atoms with Crippen molar-refractivity contribution in [1.29, 1.82) is 5.41 Å². The summed E-state index contributed by atoms with van der Waals surface area (Å²) in [6, 6.07) is 9.82. The fraction of sp³-hybridized carbons (Fsp3) is 0.350. The van der Waals surface area contributed by atoms with E-state index in [0.29, 0.717) is 47.5 Å². The molecular weight excluding hydrogens is 394 g/mol. The van der Waals surface area contributed by atoms with E-state index in [1.807, 2.05) is 24.3 Å². The third-order valence-electron chi connectivity index (χ3n) is 5.21. The summed E-state index contributed by atoms with van der Waals surface area (Å²) in [6.45, 7) is 1.18. The summed E-state index contributed by atoms with van der Waals surface area (Å²) in [5, 5.41) is 7.91. The lowest BCUT2D eigenvalue weighted by molar-refractivity contribution is 0.0273. The van der Waals surface area contributed by atoms with Gasteiger partial charge in [-0.15, -0.1) is 0 Å². The van der Waals surface area contributed by atoms with Crippen LogP contribution in [0.2, 0.25) is 5.02 Å². The zero-order valence-electron chi connectivity index (χ0n) is 15.5. The largest absolute Gasteiger partial charge is 0.456 e. The third-order valence-corrected chi connectivity index (χ3v) is 5.50. The molecule has 0 aliphatic carbocycles. The van der Waals surface area contributed by atoms with E-state index in [0.717, 1.165) is 17.5 Å². The minimum atomic E-state index is -0.188. The highest BCUT2D eigenvalue weighted by atomic mass is 35.5. The van der Waals surface area contributed by atoms with E-state index in [4.69, 9.17) is 37.0 Å². The monoisotopic (exact) mass is 413 g/mol. The van der Waals surface area contributed by atoms with Crippen LogP contribution in [0.15, 0.2) is 30.3 Å². The fourth-order valence-electron chi connectivity index (χ4n) is 3.83. The third kappa shape index (κ3) is 3.55. The molecule has 1 aromatic carbocycles. The van der Waals surface area contributed by atoms with Gasteiger partial charge in [0.15, 0.2) is 11.8 Å². The quantitative estimate of drug-likeness (QED) is 0.437. The molecule has 8 nitrogen and oxygen atoms in total. The minimum absolute atomic E-state index is 0.0520. The van der Waals surface area contributed by atoms with Gasteiger partial charge in [0, 0.05) is 18.6 Å². The summed E-state index contributed by atoms with van der Waals surface area (Å²) in [5.41, 5.74) is 9.14. The van der Waals surface area contributed by atoms with Crippen molar-refractivity contribution in [3.63, 3.8) is 0 Å². The van der Waals surface area contributed by atoms with Crippen molar-refractivity contribution in [3.05, 3.63) is 40.9 Å². The molecule has 3 aromatic rings. The van der Waals surface area contributed by atoms with E-state index in [-0.39, 0.29) is 24.1 Å². The molecule has 1 unspecified atom stereocenters. The van der Waals surface area contributed by atoms with Crippen LogP contribution in [0.1, 0.15) is 12.0 Å². The Labute approximate surface area is 171 Å². The number of aromatic nitrogens is 3. The molecule has 3 atom stereocenters. The molecule has 5 rings (SSSR count). The van der Waals surface area contributed by atoms with Crippen molar-refractivity contribution < 1.29 is 14.2 Å². The molecule has 2 saturated heterocycles. The number of nitrogens with zero attached hydrogens (tertiary/aromatic N) is 2. The number of aromatic amines is 1. The Balaban J connectivity index is 1.40. The molecule has 4 heterocycles. The van der Waals surface area contributed by atoms with E-state index in [9.17, 15) is 0 Å². The van der Waals surface area contributed by atoms with Gasteiger partial charge in [0.1, 0.15) is 6.10 Å². The Kier molecular flexibility index (Phi) is 4.61. The molecule has 150 valence electrons. The molecule has 2 fully saturated rings. The molecular formula is C20H20ClN5O3. The average molecular weight is 414 g/mol. The summed E-state index contributed by atoms with van der Waals surface area (Å²) >= 11 is 6.47. The number of fused-ring (bicyclic) bond motifs is 2. The van der Waals surface area contributed by atoms with Crippen molar-refractivity contribution in [2.75, 3.05) is 13.2 Å². The van der Waals surface area contributed by atoms with Gasteiger partial charge in [0.05, 0.1) is 34.8 Å². The molecule has 0 saturated carbocycles. The zero-order valence-corrected chi connectivity index (χ0v) is 16.3. The van der Waals surface area contributed by atoms with Gasteiger partial charge in [0.2, 0.25) is 0 Å². The van der Waals surface area contributed by atoms with E-state index in [1.165, 1.54) is 0 Å². The molecule has 2 aromatic heterocycles. The second kappa shape index (κ2) is 7.29. The number of halogens is 1. The maximum absolute atomic E-state index is 7.40. The second-order valence-electron chi connectivity index (χ2n) is 7.28. The van der Waals surface area contributed by atoms with Crippen LogP contribution in [0, 0.1) is 5.41 Å². The number of ether oxygens (including phenoxy) is 3. The Morgan fingerprint density at radius 3 is 2.90 bits per heavy atom. The number of H-pyrrole nitrogens is 1. The number of nitrogens with two attached hydrogens (primary N) is 1. The molecule has 0 radical (unpaired) electrons. The van der Waals surface area contributed by atoms with Crippen molar-refractivity contribution in [1.82, 2.24) is 15.0 Å². The smallest absolute Gasteiger partial charge is 0.296 e. The van der Waals surface area contributed by atoms with Crippen LogP contribution in [0.5, 0.6) is 6.01 Å². The highest BCUT2D eigenvalue weighted by Gasteiger charge is 2.43. The molecule has 0 spiro atoms. The van der Waals surface area contributed by atoms with Gasteiger partial charge >= 0.3 is 0 Å². The van der Waals surface area contributed by atoms with Crippen LogP contribution in [-0.2, 0) is 15.9 Å². The van der Waals surface area contributed by atoms with Gasteiger partial charge in [-0.3, -0.25) is 5.41 Å². The Bertz CT molecular complexity index is 1070. The maximum atomic E-state index is 7.40. The number of benzene rings is 1. The van der Waals surface area contributed by atoms with Crippen LogP contribution in [0.4, 0.5) is 0 Å². The SMILES string of the molecule is N=C(N)Cc1ccc(-c2nc3nc(OC4CO[C@@H]5CCO[C@H]45)[nH]c3cc2Cl)cc1. The molecule has 9 heteroatoms. The summed E-state index contributed by atoms with van der Waals surface area (Å²) < 4.78 is 17.4. The first-order chi connectivity index (χ1) is 14.1. The zero-order chi connectivity index (χ0) is 20.0. The van der Waals surface area contributed by atoms with Gasteiger partial charge < -0.3 is 24.9 Å². The minimum Gasteiger partial charge on any atom is -0.456 e. The van der Waals surface area contributed by atoms with Crippen molar-refractivity contribution >= 4 is 28.6 Å². The summed E-state index contributed by atoms with van der Waals surface area (Å²) in [4.78, 5) is 12.2. The second-order valence-corrected chi connectivity index (χ2v) is 7.69. The molecule has 0 bridgehead atoms. The average Bonchev–Trinajstić information content (AvgIpc) is 3.38. The Morgan fingerprint density at radius 1 is 1.28 bits per heavy atom. The summed E-state index contributed by atoms with van der Waals surface area (Å²) in [6.07, 6.45) is 1.18. The van der Waals surface area contributed by atoms with Crippen LogP contribution >= 0.6 is 11.6 Å². The van der Waals surface area contributed by atoms with E-state index in [2.05, 4.69) is 15.0 Å². The summed E-state index contributed by atoms with van der Waals surface area (Å²) in [7, 11) is 0. The molecule has 29 heavy (non-hydrogen) atoms. The Morgan fingerprint density at radius 2 is 2.10 bits per heavy atom. The number of rotatable bonds is 5. The Hall–Kier alpha value is -2.68.